The van der Waals surface area contributed by atoms with Crippen LogP contribution in [0.3, 0.4) is 0 Å². The number of ketones is 1. The summed E-state index contributed by atoms with van der Waals surface area (Å²) in [7, 11) is 0. The van der Waals surface area contributed by atoms with Crippen LogP contribution in [0.25, 0.3) is 0 Å². The number of benzene rings is 3. The minimum atomic E-state index is -2.32. The molecule has 14 heteroatoms. The van der Waals surface area contributed by atoms with E-state index in [1.807, 2.05) is 6.07 Å². The van der Waals surface area contributed by atoms with Crippen LogP contribution >= 0.6 is 0 Å². The minimum absolute atomic E-state index is 0.0820. The average molecular weight is 824 g/mol. The number of hydrogen-bond donors (Lipinski definition) is 3. The van der Waals surface area contributed by atoms with Crippen LogP contribution in [0.15, 0.2) is 107 Å². The van der Waals surface area contributed by atoms with Gasteiger partial charge in [-0.15, -0.1) is 0 Å². The molecule has 0 amide bonds. The van der Waals surface area contributed by atoms with Crippen molar-refractivity contribution in [3.63, 3.8) is 0 Å². The molecule has 1 heterocycles. The fourth-order valence-corrected chi connectivity index (χ4v) is 10.0. The summed E-state index contributed by atoms with van der Waals surface area (Å²) >= 11 is 0. The first kappa shape index (κ1) is 42.6. The highest BCUT2D eigenvalue weighted by atomic mass is 16.6. The van der Waals surface area contributed by atoms with Crippen molar-refractivity contribution >= 4 is 36.4 Å². The number of carbonyl (C=O) groups excluding carboxylic acids is 5. The molecule has 1 saturated heterocycles. The van der Waals surface area contributed by atoms with Gasteiger partial charge in [-0.05, 0) is 54.8 Å². The van der Waals surface area contributed by atoms with Gasteiger partial charge < -0.3 is 43.8 Å². The second kappa shape index (κ2) is 16.1. The fraction of sp³-hybridized carbons (Fsp3) is 0.435. The van der Waals surface area contributed by atoms with Gasteiger partial charge in [0.2, 0.25) is 0 Å². The van der Waals surface area contributed by atoms with Crippen molar-refractivity contribution < 1.29 is 63.0 Å². The normalized spacial score (nSPS) is 32.8. The summed E-state index contributed by atoms with van der Waals surface area (Å²) in [6.07, 6.45) is -6.73. The number of carbonyl (C=O) groups is 5. The summed E-state index contributed by atoms with van der Waals surface area (Å²) in [5, 5.41) is 37.2. The Kier molecular flexibility index (Phi) is 11.5. The van der Waals surface area contributed by atoms with Crippen LogP contribution in [0.1, 0.15) is 69.4 Å². The van der Waals surface area contributed by atoms with Crippen LogP contribution in [-0.4, -0.2) is 100 Å². The van der Waals surface area contributed by atoms with Crippen LogP contribution in [0.5, 0.6) is 5.75 Å². The van der Waals surface area contributed by atoms with Gasteiger partial charge in [-0.25, -0.2) is 14.6 Å². The Morgan fingerprint density at radius 2 is 1.55 bits per heavy atom. The molecule has 1 aliphatic heterocycles. The van der Waals surface area contributed by atoms with E-state index in [9.17, 15) is 34.5 Å². The summed E-state index contributed by atoms with van der Waals surface area (Å²) in [6.45, 7) is 7.06. The second-order valence-corrected chi connectivity index (χ2v) is 16.8. The molecule has 3 fully saturated rings. The third-order valence-electron chi connectivity index (χ3n) is 13.2. The number of aliphatic imine (C=N–C) groups is 1. The lowest BCUT2D eigenvalue weighted by Gasteiger charge is -2.67. The molecule has 0 aromatic heterocycles. The van der Waals surface area contributed by atoms with E-state index < -0.39 is 101 Å². The van der Waals surface area contributed by atoms with Gasteiger partial charge in [-0.1, -0.05) is 80.6 Å². The van der Waals surface area contributed by atoms with Crippen molar-refractivity contribution in [1.82, 2.24) is 0 Å². The highest BCUT2D eigenvalue weighted by Gasteiger charge is 2.78. The Morgan fingerprint density at radius 3 is 2.13 bits per heavy atom. The van der Waals surface area contributed by atoms with Gasteiger partial charge in [0, 0.05) is 25.2 Å². The molecular weight excluding hydrogens is 774 g/mol. The number of aliphatic hydroxyl groups excluding tert-OH is 2. The van der Waals surface area contributed by atoms with E-state index in [4.69, 9.17) is 23.7 Å². The van der Waals surface area contributed by atoms with Crippen molar-refractivity contribution in [1.29, 1.82) is 0 Å². The highest BCUT2D eigenvalue weighted by Crippen LogP contribution is 2.65. The van der Waals surface area contributed by atoms with Gasteiger partial charge in [-0.2, -0.15) is 0 Å². The number of hydrogen-bond acceptors (Lipinski definition) is 14. The zero-order valence-electron chi connectivity index (χ0n) is 33.9. The SMILES string of the molecule is CC(=O)O[C@@]12CO[C@@H]1C[C@H](O)[C@@]1(C)C(=O)[C@H](C=O)C3=C(C)[C@@H](OC(=O)[C@H](O)[C@@H](N=COc4ccccc4)c4ccccc4)C[C@@](O)([C@@H](OC(=O)c4ccccc4)[C@H]21)C3(C)C. The maximum atomic E-state index is 15.2. The predicted molar refractivity (Wildman–Crippen MR) is 213 cm³/mol. The number of ether oxygens (including phenoxy) is 5. The van der Waals surface area contributed by atoms with Gasteiger partial charge in [-0.3, -0.25) is 9.59 Å². The molecule has 2 saturated carbocycles. The molecule has 3 N–H and O–H groups in total. The highest BCUT2D eigenvalue weighted by molar-refractivity contribution is 6.02. The van der Waals surface area contributed by atoms with Gasteiger partial charge in [0.15, 0.2) is 23.9 Å². The van der Waals surface area contributed by atoms with E-state index >= 15 is 4.79 Å². The topological polar surface area (TPSA) is 205 Å². The number of esters is 3. The average Bonchev–Trinajstić information content (AvgIpc) is 3.23. The molecule has 4 aliphatic rings. The van der Waals surface area contributed by atoms with Crippen LogP contribution in [-0.2, 0) is 38.1 Å². The van der Waals surface area contributed by atoms with Crippen LogP contribution < -0.4 is 4.74 Å². The van der Waals surface area contributed by atoms with Crippen molar-refractivity contribution in [3.8, 4) is 5.75 Å². The number of aliphatic hydroxyl groups is 3. The number of fused-ring (bicyclic) bond motifs is 5. The molecule has 0 radical (unpaired) electrons. The Balaban J connectivity index is 1.35. The molecule has 2 bridgehead atoms. The van der Waals surface area contributed by atoms with E-state index in [-0.39, 0.29) is 29.7 Å². The molecule has 0 unspecified atom stereocenters. The first-order valence-electron chi connectivity index (χ1n) is 19.9. The zero-order chi connectivity index (χ0) is 43.2. The minimum Gasteiger partial charge on any atom is -0.456 e. The lowest BCUT2D eigenvalue weighted by Crippen LogP contribution is -2.81. The van der Waals surface area contributed by atoms with Crippen molar-refractivity contribution in [2.24, 2.45) is 27.7 Å². The molecule has 11 atom stereocenters. The third kappa shape index (κ3) is 6.94. The molecule has 3 aromatic rings. The molecule has 0 spiro atoms. The Bertz CT molecular complexity index is 2190. The number of Topliss-reactive ketones (excluding diaryl/α,β-unsaturated/α-hetero) is 1. The predicted octanol–water partition coefficient (Wildman–Crippen LogP) is 4.30. The molecule has 7 rings (SSSR count). The fourth-order valence-electron chi connectivity index (χ4n) is 10.0. The van der Waals surface area contributed by atoms with Crippen LogP contribution in [0, 0.1) is 22.7 Å². The van der Waals surface area contributed by atoms with E-state index in [1.165, 1.54) is 26.0 Å². The van der Waals surface area contributed by atoms with E-state index in [0.29, 0.717) is 17.6 Å². The van der Waals surface area contributed by atoms with Gasteiger partial charge in [0.25, 0.3) is 0 Å². The molecule has 14 nitrogen and oxygen atoms in total. The van der Waals surface area contributed by atoms with Crippen molar-refractivity contribution in [2.75, 3.05) is 6.61 Å². The van der Waals surface area contributed by atoms with Crippen molar-refractivity contribution in [3.05, 3.63) is 113 Å². The maximum absolute atomic E-state index is 15.2. The number of nitrogens with zero attached hydrogens (tertiary/aromatic N) is 1. The van der Waals surface area contributed by atoms with Crippen molar-refractivity contribution in [2.45, 2.75) is 95.2 Å². The summed E-state index contributed by atoms with van der Waals surface area (Å²) in [4.78, 5) is 74.2. The standard InChI is InChI=1S/C46H49NO13/c1-26-32(58-42(54)37(51)36(28-15-9-6-10-16-28)47-25-57-30-19-13-8-14-20-30)22-46(55)40(59-41(53)29-17-11-7-12-18-29)38-44(5,39(52)31(23-48)35(26)43(46,3)4)33(50)21-34-45(38,24-56-34)60-27(2)49/h6-20,23,25,31-34,36-38,40,50-51,55H,21-22,24H2,1-5H3/t31-,32+,33+,34-,36+,37-,38+,40+,44-,45+,46-/m1/s1. The molecule has 60 heavy (non-hydrogen) atoms. The molecule has 3 aliphatic carbocycles. The lowest BCUT2D eigenvalue weighted by molar-refractivity contribution is -0.345. The van der Waals surface area contributed by atoms with Gasteiger partial charge in [0.1, 0.15) is 42.0 Å². The lowest BCUT2D eigenvalue weighted by atomic mass is 9.43. The summed E-state index contributed by atoms with van der Waals surface area (Å²) in [5.41, 5.74) is -6.73. The quantitative estimate of drug-likeness (QED) is 0.0470. The number of para-hydroxylation sites is 1. The molecular formula is C46H49NO13. The molecule has 3 aromatic carbocycles. The van der Waals surface area contributed by atoms with Gasteiger partial charge >= 0.3 is 17.9 Å². The van der Waals surface area contributed by atoms with Crippen LogP contribution in [0.4, 0.5) is 0 Å². The third-order valence-corrected chi connectivity index (χ3v) is 13.2. The Morgan fingerprint density at radius 1 is 0.933 bits per heavy atom. The van der Waals surface area contributed by atoms with E-state index in [1.54, 1.807) is 93.6 Å². The number of rotatable bonds is 11. The second-order valence-electron chi connectivity index (χ2n) is 16.8. The first-order valence-corrected chi connectivity index (χ1v) is 19.9. The van der Waals surface area contributed by atoms with E-state index in [2.05, 4.69) is 4.99 Å². The first-order chi connectivity index (χ1) is 28.5. The maximum Gasteiger partial charge on any atom is 0.338 e. The Labute approximate surface area is 347 Å². The number of aldehydes is 1. The van der Waals surface area contributed by atoms with Crippen LogP contribution in [0.2, 0.25) is 0 Å². The zero-order valence-corrected chi connectivity index (χ0v) is 33.9. The monoisotopic (exact) mass is 823 g/mol. The van der Waals surface area contributed by atoms with E-state index in [0.717, 1.165) is 6.40 Å². The van der Waals surface area contributed by atoms with Gasteiger partial charge in [0.05, 0.1) is 35.5 Å². The Hall–Kier alpha value is -5.54. The smallest absolute Gasteiger partial charge is 0.338 e. The molecule has 316 valence electrons. The summed E-state index contributed by atoms with van der Waals surface area (Å²) in [6, 6.07) is 23.9. The summed E-state index contributed by atoms with van der Waals surface area (Å²) < 4.78 is 30.0. The summed E-state index contributed by atoms with van der Waals surface area (Å²) in [5.74, 6) is -6.24. The largest absolute Gasteiger partial charge is 0.456 e.